The molecule has 2 aromatic heterocycles. The number of amides is 2. The van der Waals surface area contributed by atoms with E-state index in [1.807, 2.05) is 23.6 Å². The van der Waals surface area contributed by atoms with Crippen LogP contribution in [0, 0.1) is 0 Å². The lowest BCUT2D eigenvalue weighted by atomic mass is 10.3. The molecule has 0 fully saturated rings. The Morgan fingerprint density at radius 2 is 2.00 bits per heavy atom. The number of thiophene rings is 1. The van der Waals surface area contributed by atoms with Crippen molar-refractivity contribution in [2.45, 2.75) is 6.54 Å². The Morgan fingerprint density at radius 3 is 2.70 bits per heavy atom. The van der Waals surface area contributed by atoms with Crippen LogP contribution in [0.25, 0.3) is 10.2 Å². The molecule has 2 heterocycles. The molecule has 0 unspecified atom stereocenters. The molecule has 3 aromatic rings. The first-order valence-electron chi connectivity index (χ1n) is 6.80. The Labute approximate surface area is 141 Å². The molecule has 0 aliphatic carbocycles. The predicted octanol–water partition coefficient (Wildman–Crippen LogP) is 3.70. The number of nitrogens with one attached hydrogen (secondary N) is 2. The van der Waals surface area contributed by atoms with Crippen LogP contribution in [-0.4, -0.2) is 25.2 Å². The quantitative estimate of drug-likeness (QED) is 0.737. The summed E-state index contributed by atoms with van der Waals surface area (Å²) in [7, 11) is 3.18. The molecule has 0 bridgehead atoms. The fraction of sp³-hybridized carbons (Fsp3) is 0.200. The van der Waals surface area contributed by atoms with Crippen molar-refractivity contribution in [2.24, 2.45) is 0 Å². The number of nitrogens with zero attached hydrogens (tertiary/aromatic N) is 1. The number of benzene rings is 1. The number of hydrogen-bond acceptors (Lipinski definition) is 6. The molecule has 0 aliphatic rings. The van der Waals surface area contributed by atoms with Gasteiger partial charge in [-0.2, -0.15) is 0 Å². The molecule has 0 radical (unpaired) electrons. The largest absolute Gasteiger partial charge is 0.495 e. The zero-order valence-corrected chi connectivity index (χ0v) is 14.2. The highest BCUT2D eigenvalue weighted by molar-refractivity contribution is 7.22. The third-order valence-corrected chi connectivity index (χ3v) is 5.00. The summed E-state index contributed by atoms with van der Waals surface area (Å²) in [5.74, 6) is 1.34. The first kappa shape index (κ1) is 15.6. The molecule has 8 heteroatoms. The molecule has 0 spiro atoms. The minimum Gasteiger partial charge on any atom is -0.495 e. The minimum absolute atomic E-state index is 0.296. The number of rotatable bonds is 5. The second-order valence-electron chi connectivity index (χ2n) is 4.55. The summed E-state index contributed by atoms with van der Waals surface area (Å²) in [6.45, 7) is 0.487. The summed E-state index contributed by atoms with van der Waals surface area (Å²) >= 11 is 2.94. The fourth-order valence-corrected chi connectivity index (χ4v) is 3.67. The number of ether oxygens (including phenoxy) is 2. The average molecular weight is 349 g/mol. The summed E-state index contributed by atoms with van der Waals surface area (Å²) in [4.78, 5) is 17.5. The second kappa shape index (κ2) is 6.84. The van der Waals surface area contributed by atoms with E-state index in [4.69, 9.17) is 9.47 Å². The first-order valence-corrected chi connectivity index (χ1v) is 8.49. The molecule has 1 aromatic carbocycles. The van der Waals surface area contributed by atoms with Gasteiger partial charge < -0.3 is 14.8 Å². The zero-order valence-electron chi connectivity index (χ0n) is 12.6. The molecule has 0 atom stereocenters. The first-order chi connectivity index (χ1) is 11.2. The molecule has 23 heavy (non-hydrogen) atoms. The lowest BCUT2D eigenvalue weighted by molar-refractivity contribution is 0.252. The molecular formula is C15H15N3O3S2. The molecule has 6 nitrogen and oxygen atoms in total. The maximum Gasteiger partial charge on any atom is 0.321 e. The molecule has 3 rings (SSSR count). The van der Waals surface area contributed by atoms with Crippen LogP contribution in [0.15, 0.2) is 29.6 Å². The molecule has 0 aliphatic heterocycles. The van der Waals surface area contributed by atoms with Crippen molar-refractivity contribution in [2.75, 3.05) is 19.5 Å². The monoisotopic (exact) mass is 349 g/mol. The highest BCUT2D eigenvalue weighted by Gasteiger charge is 2.15. The SMILES string of the molecule is COc1ccc(OC)c2sc(NC(=O)NCc3cccs3)nc12. The lowest BCUT2D eigenvalue weighted by Crippen LogP contribution is -2.27. The van der Waals surface area contributed by atoms with Crippen LogP contribution in [0.1, 0.15) is 4.88 Å². The third kappa shape index (κ3) is 3.38. The third-order valence-electron chi connectivity index (χ3n) is 3.13. The number of carbonyl (C=O) groups excluding carboxylic acids is 1. The maximum absolute atomic E-state index is 12.0. The summed E-state index contributed by atoms with van der Waals surface area (Å²) in [5, 5.41) is 8.01. The molecular weight excluding hydrogens is 334 g/mol. The molecule has 120 valence electrons. The van der Waals surface area contributed by atoms with Crippen molar-refractivity contribution in [3.05, 3.63) is 34.5 Å². The van der Waals surface area contributed by atoms with Gasteiger partial charge in [-0.05, 0) is 23.6 Å². The van der Waals surface area contributed by atoms with E-state index < -0.39 is 0 Å². The van der Waals surface area contributed by atoms with Crippen LogP contribution in [-0.2, 0) is 6.54 Å². The van der Waals surface area contributed by atoms with Crippen LogP contribution in [0.2, 0.25) is 0 Å². The number of anilines is 1. The van der Waals surface area contributed by atoms with Gasteiger partial charge in [0.15, 0.2) is 5.13 Å². The highest BCUT2D eigenvalue weighted by Crippen LogP contribution is 2.38. The summed E-state index contributed by atoms with van der Waals surface area (Å²) < 4.78 is 11.5. The van der Waals surface area contributed by atoms with Crippen molar-refractivity contribution in [1.82, 2.24) is 10.3 Å². The van der Waals surface area contributed by atoms with Gasteiger partial charge in [0.1, 0.15) is 21.7 Å². The minimum atomic E-state index is -0.296. The number of hydrogen-bond donors (Lipinski definition) is 2. The Kier molecular flexibility index (Phi) is 4.63. The summed E-state index contributed by atoms with van der Waals surface area (Å²) in [6, 6.07) is 7.24. The van der Waals surface area contributed by atoms with Crippen LogP contribution in [0.3, 0.4) is 0 Å². The summed E-state index contributed by atoms with van der Waals surface area (Å²) in [5.41, 5.74) is 0.672. The van der Waals surface area contributed by atoms with Gasteiger partial charge in [0.05, 0.1) is 20.8 Å². The Morgan fingerprint density at radius 1 is 1.22 bits per heavy atom. The summed E-state index contributed by atoms with van der Waals surface area (Å²) in [6.07, 6.45) is 0. The Hall–Kier alpha value is -2.32. The van der Waals surface area contributed by atoms with E-state index in [9.17, 15) is 4.79 Å². The van der Waals surface area contributed by atoms with Gasteiger partial charge >= 0.3 is 6.03 Å². The number of urea groups is 1. The lowest BCUT2D eigenvalue weighted by Gasteiger charge is -2.03. The predicted molar refractivity (Wildman–Crippen MR) is 92.9 cm³/mol. The van der Waals surface area contributed by atoms with E-state index in [0.29, 0.717) is 28.7 Å². The molecule has 0 saturated heterocycles. The van der Waals surface area contributed by atoms with Crippen LogP contribution in [0.4, 0.5) is 9.93 Å². The van der Waals surface area contributed by atoms with E-state index in [0.717, 1.165) is 9.58 Å². The zero-order chi connectivity index (χ0) is 16.2. The molecule has 0 saturated carbocycles. The number of aromatic nitrogens is 1. The van der Waals surface area contributed by atoms with Gasteiger partial charge in [0.2, 0.25) is 0 Å². The van der Waals surface area contributed by atoms with Gasteiger partial charge in [-0.1, -0.05) is 17.4 Å². The van der Waals surface area contributed by atoms with Crippen molar-refractivity contribution < 1.29 is 14.3 Å². The van der Waals surface area contributed by atoms with Crippen molar-refractivity contribution in [3.63, 3.8) is 0 Å². The average Bonchev–Trinajstić information content (AvgIpc) is 3.21. The number of thiazole rings is 1. The number of methoxy groups -OCH3 is 2. The van der Waals surface area contributed by atoms with E-state index in [1.54, 1.807) is 31.6 Å². The second-order valence-corrected chi connectivity index (χ2v) is 6.59. The number of carbonyl (C=O) groups is 1. The van der Waals surface area contributed by atoms with Crippen molar-refractivity contribution in [1.29, 1.82) is 0 Å². The smallest absolute Gasteiger partial charge is 0.321 e. The van der Waals surface area contributed by atoms with Crippen molar-refractivity contribution in [3.8, 4) is 11.5 Å². The Balaban J connectivity index is 1.76. The fourth-order valence-electron chi connectivity index (χ4n) is 2.06. The van der Waals surface area contributed by atoms with Crippen LogP contribution < -0.4 is 20.1 Å². The highest BCUT2D eigenvalue weighted by atomic mass is 32.1. The van der Waals surface area contributed by atoms with Crippen LogP contribution >= 0.6 is 22.7 Å². The topological polar surface area (TPSA) is 72.5 Å². The van der Waals surface area contributed by atoms with Gasteiger partial charge in [-0.25, -0.2) is 9.78 Å². The molecule has 2 N–H and O–H groups in total. The normalized spacial score (nSPS) is 10.5. The van der Waals surface area contributed by atoms with Gasteiger partial charge in [-0.3, -0.25) is 5.32 Å². The van der Waals surface area contributed by atoms with Crippen LogP contribution in [0.5, 0.6) is 11.5 Å². The Bertz CT molecular complexity index is 774. The molecule has 2 amide bonds. The van der Waals surface area contributed by atoms with Gasteiger partial charge in [-0.15, -0.1) is 11.3 Å². The van der Waals surface area contributed by atoms with Gasteiger partial charge in [0, 0.05) is 4.88 Å². The van der Waals surface area contributed by atoms with Gasteiger partial charge in [0.25, 0.3) is 0 Å². The standard InChI is InChI=1S/C15H15N3O3S2/c1-20-10-5-6-11(21-2)13-12(10)17-15(23-13)18-14(19)16-8-9-4-3-7-22-9/h3-7H,8H2,1-2H3,(H2,16,17,18,19). The van der Waals surface area contributed by atoms with E-state index in [1.165, 1.54) is 11.3 Å². The van der Waals surface area contributed by atoms with E-state index in [2.05, 4.69) is 15.6 Å². The van der Waals surface area contributed by atoms with E-state index in [-0.39, 0.29) is 6.03 Å². The number of fused-ring (bicyclic) bond motifs is 1. The van der Waals surface area contributed by atoms with Crippen molar-refractivity contribution >= 4 is 44.1 Å². The maximum atomic E-state index is 12.0. The van der Waals surface area contributed by atoms with E-state index >= 15 is 0 Å².